The van der Waals surface area contributed by atoms with Crippen molar-refractivity contribution in [2.75, 3.05) is 0 Å². The van der Waals surface area contributed by atoms with Gasteiger partial charge in [0.1, 0.15) is 5.82 Å². The van der Waals surface area contributed by atoms with Crippen LogP contribution in [0, 0.1) is 5.82 Å². The summed E-state index contributed by atoms with van der Waals surface area (Å²) in [7, 11) is 0. The molecule has 0 saturated heterocycles. The number of hydrogen-bond acceptors (Lipinski definition) is 0. The molecule has 0 radical (unpaired) electrons. The van der Waals surface area contributed by atoms with Gasteiger partial charge >= 0.3 is 0 Å². The molecule has 1 heteroatoms. The summed E-state index contributed by atoms with van der Waals surface area (Å²) in [5.41, 5.74) is 4.07. The van der Waals surface area contributed by atoms with Crippen molar-refractivity contribution >= 4 is 5.57 Å². The summed E-state index contributed by atoms with van der Waals surface area (Å²) in [4.78, 5) is 0. The molecular formula is C12H13F. The van der Waals surface area contributed by atoms with Crippen molar-refractivity contribution in [3.8, 4) is 0 Å². The summed E-state index contributed by atoms with van der Waals surface area (Å²) in [6.07, 6.45) is 3.60. The lowest BCUT2D eigenvalue weighted by molar-refractivity contribution is 0.627. The zero-order valence-electron chi connectivity index (χ0n) is 7.81. The van der Waals surface area contributed by atoms with Gasteiger partial charge in [0.15, 0.2) is 0 Å². The zero-order chi connectivity index (χ0) is 9.26. The van der Waals surface area contributed by atoms with Crippen LogP contribution in [0.1, 0.15) is 31.7 Å². The molecule has 0 amide bonds. The number of benzene rings is 1. The van der Waals surface area contributed by atoms with Crippen LogP contribution in [0.25, 0.3) is 5.57 Å². The molecule has 0 atom stereocenters. The van der Waals surface area contributed by atoms with E-state index < -0.39 is 0 Å². The standard InChI is InChI=1S/C12H13F/c1-9-3-2-4-12(9)10-5-7-11(13)8-6-10/h5-8H,2-4H2,1H3. The third-order valence-electron chi connectivity index (χ3n) is 2.69. The maximum Gasteiger partial charge on any atom is 0.123 e. The van der Waals surface area contributed by atoms with E-state index in [1.165, 1.54) is 41.7 Å². The van der Waals surface area contributed by atoms with Gasteiger partial charge in [-0.3, -0.25) is 0 Å². The quantitative estimate of drug-likeness (QED) is 0.610. The molecule has 0 bridgehead atoms. The van der Waals surface area contributed by atoms with Gasteiger partial charge < -0.3 is 0 Å². The summed E-state index contributed by atoms with van der Waals surface area (Å²) in [5, 5.41) is 0. The molecule has 0 aromatic heterocycles. The lowest BCUT2D eigenvalue weighted by Crippen LogP contribution is -1.83. The SMILES string of the molecule is CC1=C(c2ccc(F)cc2)CCC1. The summed E-state index contributed by atoms with van der Waals surface area (Å²) in [6.45, 7) is 2.17. The van der Waals surface area contributed by atoms with Gasteiger partial charge in [-0.15, -0.1) is 0 Å². The summed E-state index contributed by atoms with van der Waals surface area (Å²) in [6, 6.07) is 6.82. The zero-order valence-corrected chi connectivity index (χ0v) is 7.81. The highest BCUT2D eigenvalue weighted by Crippen LogP contribution is 2.33. The van der Waals surface area contributed by atoms with Crippen LogP contribution >= 0.6 is 0 Å². The Balaban J connectivity index is 2.36. The highest BCUT2D eigenvalue weighted by atomic mass is 19.1. The van der Waals surface area contributed by atoms with E-state index in [0.717, 1.165) is 6.42 Å². The predicted molar refractivity (Wildman–Crippen MR) is 52.8 cm³/mol. The maximum atomic E-state index is 12.7. The maximum absolute atomic E-state index is 12.7. The molecule has 0 spiro atoms. The molecule has 0 unspecified atom stereocenters. The second-order valence-corrected chi connectivity index (χ2v) is 3.62. The molecule has 0 aliphatic heterocycles. The Kier molecular flexibility index (Phi) is 2.17. The Hall–Kier alpha value is -1.11. The molecule has 68 valence electrons. The highest BCUT2D eigenvalue weighted by molar-refractivity contribution is 5.70. The van der Waals surface area contributed by atoms with E-state index in [4.69, 9.17) is 0 Å². The van der Waals surface area contributed by atoms with E-state index in [1.807, 2.05) is 12.1 Å². The van der Waals surface area contributed by atoms with Crippen molar-refractivity contribution in [2.24, 2.45) is 0 Å². The van der Waals surface area contributed by atoms with E-state index in [-0.39, 0.29) is 5.82 Å². The second kappa shape index (κ2) is 3.33. The average molecular weight is 176 g/mol. The minimum Gasteiger partial charge on any atom is -0.207 e. The topological polar surface area (TPSA) is 0 Å². The van der Waals surface area contributed by atoms with Crippen LogP contribution in [0.3, 0.4) is 0 Å². The number of hydrogen-bond donors (Lipinski definition) is 0. The van der Waals surface area contributed by atoms with Gasteiger partial charge in [0.2, 0.25) is 0 Å². The average Bonchev–Trinajstić information content (AvgIpc) is 2.53. The third kappa shape index (κ3) is 1.64. The van der Waals surface area contributed by atoms with Gasteiger partial charge in [0.05, 0.1) is 0 Å². The monoisotopic (exact) mass is 176 g/mol. The second-order valence-electron chi connectivity index (χ2n) is 3.62. The first kappa shape index (κ1) is 8.49. The molecule has 0 N–H and O–H groups in total. The molecule has 0 heterocycles. The van der Waals surface area contributed by atoms with Gasteiger partial charge in [0, 0.05) is 0 Å². The summed E-state index contributed by atoms with van der Waals surface area (Å²) >= 11 is 0. The van der Waals surface area contributed by atoms with Crippen LogP contribution in [-0.4, -0.2) is 0 Å². The predicted octanol–water partition coefficient (Wildman–Crippen LogP) is 3.78. The van der Waals surface area contributed by atoms with Gasteiger partial charge in [-0.05, 0) is 49.5 Å². The van der Waals surface area contributed by atoms with Crippen LogP contribution in [-0.2, 0) is 0 Å². The summed E-state index contributed by atoms with van der Waals surface area (Å²) < 4.78 is 12.7. The molecule has 2 rings (SSSR count). The van der Waals surface area contributed by atoms with Gasteiger partial charge in [-0.25, -0.2) is 4.39 Å². The number of allylic oxidation sites excluding steroid dienone is 2. The van der Waals surface area contributed by atoms with Gasteiger partial charge in [0.25, 0.3) is 0 Å². The lowest BCUT2D eigenvalue weighted by atomic mass is 10.0. The van der Waals surface area contributed by atoms with E-state index >= 15 is 0 Å². The Bertz CT molecular complexity index is 333. The van der Waals surface area contributed by atoms with Crippen molar-refractivity contribution in [1.82, 2.24) is 0 Å². The van der Waals surface area contributed by atoms with E-state index in [1.54, 1.807) is 0 Å². The van der Waals surface area contributed by atoms with Crippen molar-refractivity contribution in [1.29, 1.82) is 0 Å². The largest absolute Gasteiger partial charge is 0.207 e. The van der Waals surface area contributed by atoms with Crippen LogP contribution < -0.4 is 0 Å². The molecule has 0 nitrogen and oxygen atoms in total. The van der Waals surface area contributed by atoms with Crippen LogP contribution in [0.4, 0.5) is 4.39 Å². The summed E-state index contributed by atoms with van der Waals surface area (Å²) in [5.74, 6) is -0.153. The first-order chi connectivity index (χ1) is 6.27. The first-order valence-corrected chi connectivity index (χ1v) is 4.72. The van der Waals surface area contributed by atoms with Crippen molar-refractivity contribution < 1.29 is 4.39 Å². The fraction of sp³-hybridized carbons (Fsp3) is 0.333. The Morgan fingerprint density at radius 2 is 1.77 bits per heavy atom. The molecule has 1 aromatic carbocycles. The molecule has 1 aliphatic rings. The minimum atomic E-state index is -0.153. The number of halogens is 1. The Morgan fingerprint density at radius 1 is 1.08 bits per heavy atom. The fourth-order valence-corrected chi connectivity index (χ4v) is 1.94. The minimum absolute atomic E-state index is 0.153. The van der Waals surface area contributed by atoms with E-state index in [2.05, 4.69) is 6.92 Å². The smallest absolute Gasteiger partial charge is 0.123 e. The molecule has 1 aliphatic carbocycles. The van der Waals surface area contributed by atoms with Gasteiger partial charge in [-0.1, -0.05) is 17.7 Å². The number of rotatable bonds is 1. The van der Waals surface area contributed by atoms with E-state index in [9.17, 15) is 4.39 Å². The highest BCUT2D eigenvalue weighted by Gasteiger charge is 2.11. The van der Waals surface area contributed by atoms with Gasteiger partial charge in [-0.2, -0.15) is 0 Å². The van der Waals surface area contributed by atoms with Crippen LogP contribution in [0.15, 0.2) is 29.8 Å². The third-order valence-corrected chi connectivity index (χ3v) is 2.69. The van der Waals surface area contributed by atoms with Crippen molar-refractivity contribution in [3.05, 3.63) is 41.2 Å². The Morgan fingerprint density at radius 3 is 2.31 bits per heavy atom. The molecule has 1 aromatic rings. The molecule has 0 saturated carbocycles. The van der Waals surface area contributed by atoms with Crippen molar-refractivity contribution in [3.63, 3.8) is 0 Å². The normalized spacial score (nSPS) is 16.8. The van der Waals surface area contributed by atoms with E-state index in [0.29, 0.717) is 0 Å². The van der Waals surface area contributed by atoms with Crippen molar-refractivity contribution in [2.45, 2.75) is 26.2 Å². The molecular weight excluding hydrogens is 163 g/mol. The molecule has 0 fully saturated rings. The van der Waals surface area contributed by atoms with Crippen LogP contribution in [0.5, 0.6) is 0 Å². The fourth-order valence-electron chi connectivity index (χ4n) is 1.94. The lowest BCUT2D eigenvalue weighted by Gasteiger charge is -2.03. The first-order valence-electron chi connectivity index (χ1n) is 4.72. The van der Waals surface area contributed by atoms with Crippen LogP contribution in [0.2, 0.25) is 0 Å². The molecule has 13 heavy (non-hydrogen) atoms. The Labute approximate surface area is 78.1 Å².